The summed E-state index contributed by atoms with van der Waals surface area (Å²) in [7, 11) is 0.685. The lowest BCUT2D eigenvalue weighted by molar-refractivity contribution is 0.282. The van der Waals surface area contributed by atoms with Crippen molar-refractivity contribution in [1.82, 2.24) is 10.2 Å². The van der Waals surface area contributed by atoms with E-state index in [9.17, 15) is 8.42 Å². The second kappa shape index (κ2) is 3.08. The Balaban J connectivity index is 2.70. The first-order valence-electron chi connectivity index (χ1n) is 3.48. The van der Waals surface area contributed by atoms with Gasteiger partial charge in [-0.25, -0.2) is 8.42 Å². The van der Waals surface area contributed by atoms with E-state index in [0.717, 1.165) is 6.54 Å². The Morgan fingerprint density at radius 1 is 1.64 bits per heavy atom. The van der Waals surface area contributed by atoms with Crippen LogP contribution in [0, 0.1) is 7.05 Å². The summed E-state index contributed by atoms with van der Waals surface area (Å²) in [5.74, 6) is 0. The lowest BCUT2D eigenvalue weighted by Gasteiger charge is -2.31. The van der Waals surface area contributed by atoms with Crippen molar-refractivity contribution in [1.29, 1.82) is 0 Å². The summed E-state index contributed by atoms with van der Waals surface area (Å²) < 4.78 is 22.2. The molecule has 0 aromatic heterocycles. The number of rotatable bonds is 1. The van der Waals surface area contributed by atoms with Gasteiger partial charge in [0, 0.05) is 32.9 Å². The average Bonchev–Trinajstić information content (AvgIpc) is 1.86. The zero-order valence-electron chi connectivity index (χ0n) is 6.58. The number of piperazine rings is 1. The van der Waals surface area contributed by atoms with Gasteiger partial charge in [-0.2, -0.15) is 0 Å². The van der Waals surface area contributed by atoms with E-state index in [1.54, 1.807) is 4.90 Å². The first-order chi connectivity index (χ1) is 5.02. The highest BCUT2D eigenvalue weighted by molar-refractivity contribution is 7.91. The Kier molecular flexibility index (Phi) is 2.51. The molecule has 1 heterocycles. The fraction of sp³-hybridized carbons (Fsp3) is 0.833. The molecule has 0 bridgehead atoms. The summed E-state index contributed by atoms with van der Waals surface area (Å²) in [6.45, 7) is 2.00. The fourth-order valence-electron chi connectivity index (χ4n) is 1.14. The first kappa shape index (κ1) is 8.96. The molecule has 65 valence electrons. The molecule has 0 spiro atoms. The minimum absolute atomic E-state index is 0.448. The number of nitrogens with zero attached hydrogens (tertiary/aromatic N) is 1. The van der Waals surface area contributed by atoms with Gasteiger partial charge in [0.2, 0.25) is 0 Å². The molecule has 1 N–H and O–H groups in total. The summed E-state index contributed by atoms with van der Waals surface area (Å²) >= 11 is 0. The number of nitrogens with one attached hydrogen (secondary N) is 1. The van der Waals surface area contributed by atoms with Gasteiger partial charge in [-0.1, -0.05) is 0 Å². The van der Waals surface area contributed by atoms with Crippen LogP contribution in [-0.2, 0) is 9.84 Å². The maximum atomic E-state index is 11.1. The predicted molar refractivity (Wildman–Crippen MR) is 43.6 cm³/mol. The van der Waals surface area contributed by atoms with Gasteiger partial charge in [-0.3, -0.25) is 4.90 Å². The van der Waals surface area contributed by atoms with Gasteiger partial charge in [-0.05, 0) is 0 Å². The van der Waals surface area contributed by atoms with Crippen molar-refractivity contribution in [3.63, 3.8) is 0 Å². The Morgan fingerprint density at radius 3 is 2.64 bits per heavy atom. The van der Waals surface area contributed by atoms with Gasteiger partial charge in [0.05, 0.1) is 0 Å². The molecular weight excluding hydrogens is 164 g/mol. The van der Waals surface area contributed by atoms with Crippen LogP contribution in [0.5, 0.6) is 0 Å². The molecule has 1 rings (SSSR count). The van der Waals surface area contributed by atoms with Crippen LogP contribution in [0.4, 0.5) is 0 Å². The van der Waals surface area contributed by atoms with E-state index in [-0.39, 0.29) is 0 Å². The Morgan fingerprint density at radius 2 is 2.27 bits per heavy atom. The summed E-state index contributed by atoms with van der Waals surface area (Å²) in [5, 5.41) is 2.56. The molecule has 5 heteroatoms. The third-order valence-corrected chi connectivity index (χ3v) is 3.25. The number of hydrogen-bond donors (Lipinski definition) is 1. The van der Waals surface area contributed by atoms with Gasteiger partial charge >= 0.3 is 0 Å². The maximum Gasteiger partial charge on any atom is 0.164 e. The Labute approximate surface area is 67.5 Å². The lowest BCUT2D eigenvalue weighted by atomic mass is 10.4. The van der Waals surface area contributed by atoms with Crippen molar-refractivity contribution in [2.75, 3.05) is 25.9 Å². The smallest absolute Gasteiger partial charge is 0.164 e. The van der Waals surface area contributed by atoms with E-state index >= 15 is 0 Å². The van der Waals surface area contributed by atoms with Crippen molar-refractivity contribution in [3.8, 4) is 0 Å². The van der Waals surface area contributed by atoms with Crippen LogP contribution in [0.1, 0.15) is 0 Å². The standard InChI is InChI=1S/C6H13N2O2S/c1-8-4-3-7-5-6(8)11(2,9)10/h6-7H,1,3-5H2,2H3. The second-order valence-corrected chi connectivity index (χ2v) is 5.00. The van der Waals surface area contributed by atoms with Gasteiger partial charge in [0.15, 0.2) is 9.84 Å². The molecule has 1 radical (unpaired) electrons. The molecule has 1 fully saturated rings. The van der Waals surface area contributed by atoms with Crippen molar-refractivity contribution >= 4 is 9.84 Å². The van der Waals surface area contributed by atoms with Gasteiger partial charge in [0.25, 0.3) is 0 Å². The van der Waals surface area contributed by atoms with Gasteiger partial charge in [0.1, 0.15) is 5.37 Å². The number of sulfone groups is 1. The number of hydrogen-bond acceptors (Lipinski definition) is 4. The lowest BCUT2D eigenvalue weighted by Crippen LogP contribution is -2.51. The molecule has 0 amide bonds. The van der Waals surface area contributed by atoms with Gasteiger partial charge in [-0.15, -0.1) is 0 Å². The SMILES string of the molecule is [CH2]N1CCNCC1S(C)(=O)=O. The largest absolute Gasteiger partial charge is 0.313 e. The van der Waals surface area contributed by atoms with E-state index in [1.165, 1.54) is 6.26 Å². The highest BCUT2D eigenvalue weighted by Gasteiger charge is 2.27. The molecule has 0 aromatic carbocycles. The Hall–Kier alpha value is -0.130. The third-order valence-electron chi connectivity index (χ3n) is 1.80. The summed E-state index contributed by atoms with van der Waals surface area (Å²) in [5.41, 5.74) is 0. The molecule has 0 saturated carbocycles. The van der Waals surface area contributed by atoms with Crippen molar-refractivity contribution in [3.05, 3.63) is 7.05 Å². The van der Waals surface area contributed by atoms with Crippen LogP contribution in [0.25, 0.3) is 0 Å². The molecule has 0 aliphatic carbocycles. The van der Waals surface area contributed by atoms with Crippen LogP contribution < -0.4 is 5.32 Å². The van der Waals surface area contributed by atoms with Crippen LogP contribution >= 0.6 is 0 Å². The molecule has 1 saturated heterocycles. The van der Waals surface area contributed by atoms with E-state index in [1.807, 2.05) is 0 Å². The molecule has 4 nitrogen and oxygen atoms in total. The summed E-state index contributed by atoms with van der Waals surface area (Å²) in [6, 6.07) is 0. The van der Waals surface area contributed by atoms with Crippen LogP contribution in [-0.4, -0.2) is 44.6 Å². The molecule has 11 heavy (non-hydrogen) atoms. The topological polar surface area (TPSA) is 49.4 Å². The minimum atomic E-state index is -2.97. The monoisotopic (exact) mass is 177 g/mol. The maximum absolute atomic E-state index is 11.1. The highest BCUT2D eigenvalue weighted by atomic mass is 32.2. The first-order valence-corrected chi connectivity index (χ1v) is 5.44. The van der Waals surface area contributed by atoms with Crippen molar-refractivity contribution in [2.45, 2.75) is 5.37 Å². The molecule has 1 aliphatic heterocycles. The zero-order chi connectivity index (χ0) is 8.48. The minimum Gasteiger partial charge on any atom is -0.313 e. The second-order valence-electron chi connectivity index (χ2n) is 2.80. The van der Waals surface area contributed by atoms with Crippen LogP contribution in [0.2, 0.25) is 0 Å². The molecule has 0 aromatic rings. The van der Waals surface area contributed by atoms with E-state index in [0.29, 0.717) is 13.1 Å². The Bertz CT molecular complexity index is 225. The predicted octanol–water partition coefficient (Wildman–Crippen LogP) is -0.946. The summed E-state index contributed by atoms with van der Waals surface area (Å²) in [6.07, 6.45) is 1.24. The molecule has 1 atom stereocenters. The average molecular weight is 177 g/mol. The normalized spacial score (nSPS) is 28.7. The van der Waals surface area contributed by atoms with E-state index in [4.69, 9.17) is 0 Å². The van der Waals surface area contributed by atoms with Crippen molar-refractivity contribution < 1.29 is 8.42 Å². The van der Waals surface area contributed by atoms with Crippen molar-refractivity contribution in [2.24, 2.45) is 0 Å². The summed E-state index contributed by atoms with van der Waals surface area (Å²) in [4.78, 5) is 1.62. The van der Waals surface area contributed by atoms with Crippen LogP contribution in [0.3, 0.4) is 0 Å². The van der Waals surface area contributed by atoms with E-state index < -0.39 is 15.2 Å². The van der Waals surface area contributed by atoms with Gasteiger partial charge < -0.3 is 5.32 Å². The fourth-order valence-corrected chi connectivity index (χ4v) is 2.21. The van der Waals surface area contributed by atoms with Crippen LogP contribution in [0.15, 0.2) is 0 Å². The molecular formula is C6H13N2O2S. The third kappa shape index (κ3) is 2.15. The molecule has 1 unspecified atom stereocenters. The quantitative estimate of drug-likeness (QED) is 0.561. The highest BCUT2D eigenvalue weighted by Crippen LogP contribution is 2.06. The van der Waals surface area contributed by atoms with E-state index in [2.05, 4.69) is 12.4 Å². The zero-order valence-corrected chi connectivity index (χ0v) is 7.39. The molecule has 1 aliphatic rings.